The lowest BCUT2D eigenvalue weighted by Crippen LogP contribution is -2.36. The third kappa shape index (κ3) is 3.22. The van der Waals surface area contributed by atoms with E-state index >= 15 is 0 Å². The van der Waals surface area contributed by atoms with E-state index in [2.05, 4.69) is 0 Å². The number of benzene rings is 1. The Morgan fingerprint density at radius 2 is 1.94 bits per heavy atom. The Morgan fingerprint density at radius 1 is 1.28 bits per heavy atom. The summed E-state index contributed by atoms with van der Waals surface area (Å²) in [5.41, 5.74) is 7.50. The maximum atomic E-state index is 10.2. The molecule has 0 amide bonds. The molecular formula is C14H21NO3. The van der Waals surface area contributed by atoms with Crippen molar-refractivity contribution in [2.45, 2.75) is 44.0 Å². The predicted octanol–water partition coefficient (Wildman–Crippen LogP) is 1.45. The lowest BCUT2D eigenvalue weighted by atomic mass is 10.1. The minimum Gasteiger partial charge on any atom is -0.399 e. The lowest BCUT2D eigenvalue weighted by Gasteiger charge is -2.28. The zero-order valence-corrected chi connectivity index (χ0v) is 10.5. The molecule has 1 fully saturated rings. The molecule has 18 heavy (non-hydrogen) atoms. The van der Waals surface area contributed by atoms with E-state index in [4.69, 9.17) is 10.5 Å². The molecule has 1 saturated carbocycles. The van der Waals surface area contributed by atoms with Crippen LogP contribution in [0.2, 0.25) is 0 Å². The smallest absolute Gasteiger partial charge is 0.165 e. The molecule has 0 radical (unpaired) electrons. The third-order valence-corrected chi connectivity index (χ3v) is 3.48. The molecule has 1 aliphatic carbocycles. The van der Waals surface area contributed by atoms with E-state index < -0.39 is 11.9 Å². The van der Waals surface area contributed by atoms with Gasteiger partial charge in [-0.3, -0.25) is 0 Å². The van der Waals surface area contributed by atoms with Crippen molar-refractivity contribution in [2.75, 3.05) is 12.3 Å². The van der Waals surface area contributed by atoms with Gasteiger partial charge >= 0.3 is 0 Å². The summed E-state index contributed by atoms with van der Waals surface area (Å²) in [4.78, 5) is 0. The minimum atomic E-state index is -1.06. The summed E-state index contributed by atoms with van der Waals surface area (Å²) >= 11 is 0. The highest BCUT2D eigenvalue weighted by atomic mass is 16.6. The predicted molar refractivity (Wildman–Crippen MR) is 69.9 cm³/mol. The molecule has 0 aliphatic heterocycles. The fourth-order valence-electron chi connectivity index (χ4n) is 2.46. The minimum absolute atomic E-state index is 0.114. The van der Waals surface area contributed by atoms with Crippen molar-refractivity contribution in [1.82, 2.24) is 0 Å². The Labute approximate surface area is 107 Å². The second-order valence-corrected chi connectivity index (χ2v) is 4.98. The van der Waals surface area contributed by atoms with Crippen molar-refractivity contribution in [1.29, 1.82) is 0 Å². The molecule has 4 nitrogen and oxygen atoms in total. The number of nitrogens with two attached hydrogens (primary N) is 1. The van der Waals surface area contributed by atoms with Gasteiger partial charge in [0.15, 0.2) is 5.79 Å². The number of anilines is 1. The first-order valence-electron chi connectivity index (χ1n) is 6.47. The van der Waals surface area contributed by atoms with Crippen LogP contribution in [-0.2, 0) is 11.2 Å². The number of aliphatic hydroxyl groups is 2. The number of ether oxygens (including phenoxy) is 1. The second kappa shape index (κ2) is 5.69. The van der Waals surface area contributed by atoms with Crippen LogP contribution in [0.25, 0.3) is 0 Å². The molecule has 1 atom stereocenters. The first-order chi connectivity index (χ1) is 8.63. The molecule has 0 heterocycles. The van der Waals surface area contributed by atoms with Crippen LogP contribution in [0.5, 0.6) is 0 Å². The van der Waals surface area contributed by atoms with E-state index in [-0.39, 0.29) is 6.61 Å². The van der Waals surface area contributed by atoms with Crippen LogP contribution in [0.4, 0.5) is 5.69 Å². The van der Waals surface area contributed by atoms with Gasteiger partial charge in [0.2, 0.25) is 0 Å². The summed E-state index contributed by atoms with van der Waals surface area (Å²) in [5.74, 6) is -1.06. The van der Waals surface area contributed by atoms with E-state index in [0.29, 0.717) is 24.9 Å². The van der Waals surface area contributed by atoms with Gasteiger partial charge in [0, 0.05) is 24.9 Å². The van der Waals surface area contributed by atoms with Crippen LogP contribution >= 0.6 is 0 Å². The Hall–Kier alpha value is -1.10. The van der Waals surface area contributed by atoms with E-state index in [1.54, 1.807) is 0 Å². The van der Waals surface area contributed by atoms with Gasteiger partial charge in [-0.25, -0.2) is 0 Å². The van der Waals surface area contributed by atoms with Gasteiger partial charge in [0.25, 0.3) is 0 Å². The van der Waals surface area contributed by atoms with Crippen molar-refractivity contribution in [2.24, 2.45) is 0 Å². The standard InChI is InChI=1S/C14H21NO3/c15-13-6-2-1-5-11(13)9-12(10-16)18-14(17)7-3-4-8-14/h1-2,5-6,12,16-17H,3-4,7-10,15H2/t12-/m1/s1. The van der Waals surface area contributed by atoms with Gasteiger partial charge in [0.1, 0.15) is 0 Å². The first-order valence-corrected chi connectivity index (χ1v) is 6.47. The Morgan fingerprint density at radius 3 is 2.56 bits per heavy atom. The van der Waals surface area contributed by atoms with Crippen molar-refractivity contribution in [3.05, 3.63) is 29.8 Å². The highest BCUT2D eigenvalue weighted by Crippen LogP contribution is 2.32. The normalized spacial score (nSPS) is 19.9. The lowest BCUT2D eigenvalue weighted by molar-refractivity contribution is -0.230. The maximum absolute atomic E-state index is 10.2. The van der Waals surface area contributed by atoms with E-state index in [9.17, 15) is 10.2 Å². The summed E-state index contributed by atoms with van der Waals surface area (Å²) in [6, 6.07) is 7.52. The highest BCUT2D eigenvalue weighted by molar-refractivity contribution is 5.46. The number of hydrogen-bond donors (Lipinski definition) is 3. The molecule has 0 unspecified atom stereocenters. The number of hydrogen-bond acceptors (Lipinski definition) is 4. The fourth-order valence-corrected chi connectivity index (χ4v) is 2.46. The number of rotatable bonds is 5. The van der Waals surface area contributed by atoms with Crippen molar-refractivity contribution in [3.8, 4) is 0 Å². The van der Waals surface area contributed by atoms with Crippen molar-refractivity contribution in [3.63, 3.8) is 0 Å². The summed E-state index contributed by atoms with van der Waals surface area (Å²) in [6.45, 7) is -0.114. The topological polar surface area (TPSA) is 75.7 Å². The molecule has 1 aliphatic rings. The Balaban J connectivity index is 1.99. The average molecular weight is 251 g/mol. The van der Waals surface area contributed by atoms with Gasteiger partial charge in [-0.2, -0.15) is 0 Å². The molecule has 0 spiro atoms. The average Bonchev–Trinajstić information content (AvgIpc) is 2.78. The van der Waals surface area contributed by atoms with Crippen LogP contribution in [-0.4, -0.2) is 28.7 Å². The van der Waals surface area contributed by atoms with Crippen molar-refractivity contribution >= 4 is 5.69 Å². The highest BCUT2D eigenvalue weighted by Gasteiger charge is 2.34. The fraction of sp³-hybridized carbons (Fsp3) is 0.571. The molecule has 2 rings (SSSR count). The quantitative estimate of drug-likeness (QED) is 0.547. The molecule has 4 heteroatoms. The molecule has 1 aromatic carbocycles. The molecular weight excluding hydrogens is 230 g/mol. The summed E-state index contributed by atoms with van der Waals surface area (Å²) < 4.78 is 5.66. The van der Waals surface area contributed by atoms with Gasteiger partial charge in [-0.1, -0.05) is 18.2 Å². The monoisotopic (exact) mass is 251 g/mol. The van der Waals surface area contributed by atoms with Crippen LogP contribution in [0.3, 0.4) is 0 Å². The summed E-state index contributed by atoms with van der Waals surface area (Å²) in [5, 5.41) is 19.6. The molecule has 4 N–H and O–H groups in total. The van der Waals surface area contributed by atoms with Crippen LogP contribution < -0.4 is 5.73 Å². The third-order valence-electron chi connectivity index (χ3n) is 3.48. The van der Waals surface area contributed by atoms with Crippen LogP contribution in [0.15, 0.2) is 24.3 Å². The number of nitrogen functional groups attached to an aromatic ring is 1. The zero-order valence-electron chi connectivity index (χ0n) is 10.5. The molecule has 0 saturated heterocycles. The van der Waals surface area contributed by atoms with E-state index in [1.165, 1.54) is 0 Å². The second-order valence-electron chi connectivity index (χ2n) is 4.98. The largest absolute Gasteiger partial charge is 0.399 e. The van der Waals surface area contributed by atoms with Gasteiger partial charge in [-0.15, -0.1) is 0 Å². The van der Waals surface area contributed by atoms with Crippen molar-refractivity contribution < 1.29 is 14.9 Å². The Bertz CT molecular complexity index is 388. The molecule has 0 bridgehead atoms. The van der Waals surface area contributed by atoms with Gasteiger partial charge in [-0.05, 0) is 24.5 Å². The summed E-state index contributed by atoms with van der Waals surface area (Å²) in [6.07, 6.45) is 3.36. The SMILES string of the molecule is Nc1ccccc1C[C@H](CO)OC1(O)CCCC1. The van der Waals surface area contributed by atoms with Crippen LogP contribution in [0.1, 0.15) is 31.2 Å². The maximum Gasteiger partial charge on any atom is 0.165 e. The van der Waals surface area contributed by atoms with Gasteiger partial charge < -0.3 is 20.7 Å². The molecule has 0 aromatic heterocycles. The Kier molecular flexibility index (Phi) is 4.22. The first kappa shape index (κ1) is 13.3. The zero-order chi connectivity index (χ0) is 13.0. The van der Waals surface area contributed by atoms with E-state index in [0.717, 1.165) is 18.4 Å². The number of para-hydroxylation sites is 1. The molecule has 100 valence electrons. The number of aliphatic hydroxyl groups excluding tert-OH is 1. The van der Waals surface area contributed by atoms with E-state index in [1.807, 2.05) is 24.3 Å². The van der Waals surface area contributed by atoms with Gasteiger partial charge in [0.05, 0.1) is 12.7 Å². The molecule has 1 aromatic rings. The van der Waals surface area contributed by atoms with Crippen LogP contribution in [0, 0.1) is 0 Å². The summed E-state index contributed by atoms with van der Waals surface area (Å²) in [7, 11) is 0.